The molecule has 0 saturated carbocycles. The van der Waals surface area contributed by atoms with Crippen LogP contribution in [0.25, 0.3) is 0 Å². The standard InChI is InChI=1S/C8H15NO/c1-3-9-5-4-8(2)7(6-9)10-8/h7H,3-6H2,1-2H3. The predicted octanol–water partition coefficient (Wildman–Crippen LogP) is 0.869. The van der Waals surface area contributed by atoms with Gasteiger partial charge in [0.25, 0.3) is 0 Å². The second-order valence-corrected chi connectivity index (χ2v) is 3.56. The van der Waals surface area contributed by atoms with Gasteiger partial charge < -0.3 is 9.64 Å². The highest BCUT2D eigenvalue weighted by Crippen LogP contribution is 2.42. The fourth-order valence-corrected chi connectivity index (χ4v) is 1.73. The van der Waals surface area contributed by atoms with E-state index in [-0.39, 0.29) is 5.60 Å². The Morgan fingerprint density at radius 1 is 1.70 bits per heavy atom. The van der Waals surface area contributed by atoms with E-state index in [4.69, 9.17) is 4.74 Å². The fourth-order valence-electron chi connectivity index (χ4n) is 1.73. The summed E-state index contributed by atoms with van der Waals surface area (Å²) in [5, 5.41) is 0. The van der Waals surface area contributed by atoms with Crippen molar-refractivity contribution in [2.45, 2.75) is 32.0 Å². The van der Waals surface area contributed by atoms with Gasteiger partial charge in [-0.05, 0) is 19.9 Å². The van der Waals surface area contributed by atoms with Crippen LogP contribution in [0.1, 0.15) is 20.3 Å². The number of nitrogens with zero attached hydrogens (tertiary/aromatic N) is 1. The van der Waals surface area contributed by atoms with Crippen molar-refractivity contribution < 1.29 is 4.74 Å². The number of piperidine rings is 1. The molecule has 2 rings (SSSR count). The van der Waals surface area contributed by atoms with E-state index >= 15 is 0 Å². The first-order valence-corrected chi connectivity index (χ1v) is 4.15. The molecule has 0 bridgehead atoms. The predicted molar refractivity (Wildman–Crippen MR) is 40.0 cm³/mol. The van der Waals surface area contributed by atoms with Crippen molar-refractivity contribution in [1.82, 2.24) is 4.90 Å². The number of likely N-dealkylation sites (N-methyl/N-ethyl adjacent to an activating group) is 1. The van der Waals surface area contributed by atoms with Crippen LogP contribution in [0.15, 0.2) is 0 Å². The Bertz CT molecular complexity index is 148. The topological polar surface area (TPSA) is 15.8 Å². The molecule has 2 heteroatoms. The molecule has 0 amide bonds. The van der Waals surface area contributed by atoms with E-state index in [1.807, 2.05) is 0 Å². The number of fused-ring (bicyclic) bond motifs is 1. The summed E-state index contributed by atoms with van der Waals surface area (Å²) in [7, 11) is 0. The number of likely N-dealkylation sites (tertiary alicyclic amines) is 1. The van der Waals surface area contributed by atoms with Crippen molar-refractivity contribution in [3.63, 3.8) is 0 Å². The molecule has 0 aromatic carbocycles. The van der Waals surface area contributed by atoms with E-state index in [9.17, 15) is 0 Å². The number of epoxide rings is 1. The van der Waals surface area contributed by atoms with E-state index in [1.54, 1.807) is 0 Å². The molecule has 2 atom stereocenters. The molecule has 2 nitrogen and oxygen atoms in total. The molecule has 2 heterocycles. The molecule has 2 aliphatic heterocycles. The molecule has 0 N–H and O–H groups in total. The van der Waals surface area contributed by atoms with Crippen molar-refractivity contribution in [3.05, 3.63) is 0 Å². The number of hydrogen-bond donors (Lipinski definition) is 0. The highest BCUT2D eigenvalue weighted by atomic mass is 16.6. The summed E-state index contributed by atoms with van der Waals surface area (Å²) < 4.78 is 5.56. The van der Waals surface area contributed by atoms with E-state index in [0.29, 0.717) is 6.10 Å². The van der Waals surface area contributed by atoms with Crippen molar-refractivity contribution in [3.8, 4) is 0 Å². The Labute approximate surface area is 62.2 Å². The first kappa shape index (κ1) is 6.62. The van der Waals surface area contributed by atoms with Crippen LogP contribution in [0.4, 0.5) is 0 Å². The van der Waals surface area contributed by atoms with Crippen molar-refractivity contribution in [2.75, 3.05) is 19.6 Å². The van der Waals surface area contributed by atoms with E-state index in [2.05, 4.69) is 18.7 Å². The van der Waals surface area contributed by atoms with Gasteiger partial charge in [-0.3, -0.25) is 0 Å². The normalized spacial score (nSPS) is 46.8. The van der Waals surface area contributed by atoms with Crippen LogP contribution in [0.2, 0.25) is 0 Å². The highest BCUT2D eigenvalue weighted by Gasteiger charge is 2.54. The summed E-state index contributed by atoms with van der Waals surface area (Å²) >= 11 is 0. The zero-order valence-electron chi connectivity index (χ0n) is 6.76. The van der Waals surface area contributed by atoms with Gasteiger partial charge in [-0.25, -0.2) is 0 Å². The summed E-state index contributed by atoms with van der Waals surface area (Å²) in [5.41, 5.74) is 0.283. The van der Waals surface area contributed by atoms with Crippen molar-refractivity contribution in [1.29, 1.82) is 0 Å². The van der Waals surface area contributed by atoms with E-state index < -0.39 is 0 Å². The third-order valence-electron chi connectivity index (χ3n) is 2.83. The lowest BCUT2D eigenvalue weighted by atomic mass is 9.99. The summed E-state index contributed by atoms with van der Waals surface area (Å²) in [5.74, 6) is 0. The molecule has 0 radical (unpaired) electrons. The minimum absolute atomic E-state index is 0.283. The van der Waals surface area contributed by atoms with Crippen LogP contribution in [-0.2, 0) is 4.74 Å². The van der Waals surface area contributed by atoms with Gasteiger partial charge in [-0.15, -0.1) is 0 Å². The van der Waals surface area contributed by atoms with Gasteiger partial charge in [0.2, 0.25) is 0 Å². The zero-order valence-corrected chi connectivity index (χ0v) is 6.76. The molecular formula is C8H15NO. The molecule has 0 spiro atoms. The largest absolute Gasteiger partial charge is 0.365 e. The Morgan fingerprint density at radius 2 is 2.50 bits per heavy atom. The number of hydrogen-bond acceptors (Lipinski definition) is 2. The van der Waals surface area contributed by atoms with Gasteiger partial charge in [-0.2, -0.15) is 0 Å². The number of rotatable bonds is 1. The third kappa shape index (κ3) is 0.867. The van der Waals surface area contributed by atoms with Crippen molar-refractivity contribution in [2.24, 2.45) is 0 Å². The Balaban J connectivity index is 1.93. The molecule has 2 aliphatic rings. The Morgan fingerprint density at radius 3 is 3.10 bits per heavy atom. The molecule has 0 aromatic heterocycles. The minimum atomic E-state index is 0.283. The lowest BCUT2D eigenvalue weighted by Gasteiger charge is -2.24. The Hall–Kier alpha value is -0.0800. The second-order valence-electron chi connectivity index (χ2n) is 3.56. The van der Waals surface area contributed by atoms with Crippen LogP contribution in [-0.4, -0.2) is 36.2 Å². The molecule has 58 valence electrons. The smallest absolute Gasteiger partial charge is 0.0997 e. The Kier molecular flexibility index (Phi) is 1.29. The molecule has 2 unspecified atom stereocenters. The summed E-state index contributed by atoms with van der Waals surface area (Å²) in [6, 6.07) is 0. The van der Waals surface area contributed by atoms with Crippen LogP contribution in [0.5, 0.6) is 0 Å². The monoisotopic (exact) mass is 141 g/mol. The van der Waals surface area contributed by atoms with Crippen LogP contribution in [0, 0.1) is 0 Å². The first-order valence-electron chi connectivity index (χ1n) is 4.15. The van der Waals surface area contributed by atoms with Gasteiger partial charge in [0, 0.05) is 13.1 Å². The molecule has 0 aromatic rings. The van der Waals surface area contributed by atoms with E-state index in [0.717, 1.165) is 6.54 Å². The molecule has 0 aliphatic carbocycles. The SMILES string of the molecule is CCN1CCC2(C)OC2C1. The number of ether oxygens (including phenoxy) is 1. The zero-order chi connectivity index (χ0) is 7.19. The minimum Gasteiger partial charge on any atom is -0.365 e. The fraction of sp³-hybridized carbons (Fsp3) is 1.00. The van der Waals surface area contributed by atoms with Gasteiger partial charge in [0.1, 0.15) is 0 Å². The molecule has 2 fully saturated rings. The van der Waals surface area contributed by atoms with Gasteiger partial charge in [0.15, 0.2) is 0 Å². The average Bonchev–Trinajstić information content (AvgIpc) is 2.59. The first-order chi connectivity index (χ1) is 4.74. The van der Waals surface area contributed by atoms with Crippen molar-refractivity contribution >= 4 is 0 Å². The quantitative estimate of drug-likeness (QED) is 0.504. The summed E-state index contributed by atoms with van der Waals surface area (Å²) in [6.07, 6.45) is 1.78. The lowest BCUT2D eigenvalue weighted by Crippen LogP contribution is -2.37. The van der Waals surface area contributed by atoms with Gasteiger partial charge in [-0.1, -0.05) is 6.92 Å². The maximum Gasteiger partial charge on any atom is 0.0997 e. The maximum absolute atomic E-state index is 5.56. The third-order valence-corrected chi connectivity index (χ3v) is 2.83. The van der Waals surface area contributed by atoms with E-state index in [1.165, 1.54) is 19.5 Å². The summed E-state index contributed by atoms with van der Waals surface area (Å²) in [6.45, 7) is 8.00. The van der Waals surface area contributed by atoms with Crippen LogP contribution >= 0.6 is 0 Å². The summed E-state index contributed by atoms with van der Waals surface area (Å²) in [4.78, 5) is 2.46. The molecular weight excluding hydrogens is 126 g/mol. The van der Waals surface area contributed by atoms with Gasteiger partial charge in [0.05, 0.1) is 11.7 Å². The highest BCUT2D eigenvalue weighted by molar-refractivity contribution is 5.03. The molecule has 10 heavy (non-hydrogen) atoms. The second kappa shape index (κ2) is 1.95. The van der Waals surface area contributed by atoms with Gasteiger partial charge >= 0.3 is 0 Å². The lowest BCUT2D eigenvalue weighted by molar-refractivity contribution is 0.241. The van der Waals surface area contributed by atoms with Crippen LogP contribution < -0.4 is 0 Å². The maximum atomic E-state index is 5.56. The van der Waals surface area contributed by atoms with Crippen LogP contribution in [0.3, 0.4) is 0 Å². The average molecular weight is 141 g/mol. The molecule has 2 saturated heterocycles.